The van der Waals surface area contributed by atoms with Crippen LogP contribution in [0.1, 0.15) is 22.3 Å². The van der Waals surface area contributed by atoms with E-state index in [1.807, 2.05) is 30.3 Å². The fraction of sp³-hybridized carbons (Fsp3) is 0.167. The van der Waals surface area contributed by atoms with Gasteiger partial charge in [0.1, 0.15) is 0 Å². The number of amides is 3. The van der Waals surface area contributed by atoms with Crippen molar-refractivity contribution in [3.8, 4) is 0 Å². The zero-order valence-corrected chi connectivity index (χ0v) is 16.8. The molecule has 1 aliphatic heterocycles. The van der Waals surface area contributed by atoms with E-state index in [-0.39, 0.29) is 24.1 Å². The van der Waals surface area contributed by atoms with Crippen LogP contribution in [0.3, 0.4) is 0 Å². The van der Waals surface area contributed by atoms with Gasteiger partial charge in [0.2, 0.25) is 11.8 Å². The molecule has 0 saturated carbocycles. The van der Waals surface area contributed by atoms with E-state index in [4.69, 9.17) is 0 Å². The molecular weight excluding hydrogens is 392 g/mol. The molecule has 1 atom stereocenters. The summed E-state index contributed by atoms with van der Waals surface area (Å²) >= 11 is 0. The predicted octanol–water partition coefficient (Wildman–Crippen LogP) is 3.32. The second-order valence-electron chi connectivity index (χ2n) is 7.43. The highest BCUT2D eigenvalue weighted by Crippen LogP contribution is 2.23. The van der Waals surface area contributed by atoms with Crippen molar-refractivity contribution in [3.05, 3.63) is 90.3 Å². The van der Waals surface area contributed by atoms with Gasteiger partial charge in [-0.2, -0.15) is 0 Å². The first kappa shape index (κ1) is 20.3. The van der Waals surface area contributed by atoms with Crippen LogP contribution in [-0.2, 0) is 16.1 Å². The highest BCUT2D eigenvalue weighted by molar-refractivity contribution is 6.04. The van der Waals surface area contributed by atoms with E-state index in [1.165, 1.54) is 6.20 Å². The largest absolute Gasteiger partial charge is 0.338 e. The van der Waals surface area contributed by atoms with Gasteiger partial charge in [-0.3, -0.25) is 19.4 Å². The van der Waals surface area contributed by atoms with Crippen molar-refractivity contribution in [2.75, 3.05) is 17.2 Å². The van der Waals surface area contributed by atoms with Crippen LogP contribution >= 0.6 is 0 Å². The molecule has 4 rings (SSSR count). The molecule has 1 aromatic heterocycles. The van der Waals surface area contributed by atoms with Gasteiger partial charge in [-0.1, -0.05) is 36.4 Å². The quantitative estimate of drug-likeness (QED) is 0.647. The highest BCUT2D eigenvalue weighted by atomic mass is 16.2. The van der Waals surface area contributed by atoms with Crippen molar-refractivity contribution >= 4 is 29.1 Å². The Balaban J connectivity index is 1.36. The summed E-state index contributed by atoms with van der Waals surface area (Å²) < 4.78 is 0. The van der Waals surface area contributed by atoms with Crippen molar-refractivity contribution in [2.24, 2.45) is 5.92 Å². The molecule has 7 heteroatoms. The first-order valence-electron chi connectivity index (χ1n) is 10.0. The van der Waals surface area contributed by atoms with Gasteiger partial charge in [0.05, 0.1) is 11.5 Å². The van der Waals surface area contributed by atoms with Crippen molar-refractivity contribution in [3.63, 3.8) is 0 Å². The van der Waals surface area contributed by atoms with Crippen LogP contribution in [0.5, 0.6) is 0 Å². The Kier molecular flexibility index (Phi) is 6.03. The Hall–Kier alpha value is -4.00. The molecule has 2 heterocycles. The molecule has 3 aromatic rings. The predicted molar refractivity (Wildman–Crippen MR) is 117 cm³/mol. The number of hydrogen-bond donors (Lipinski definition) is 2. The lowest BCUT2D eigenvalue weighted by Gasteiger charge is -2.17. The van der Waals surface area contributed by atoms with E-state index in [0.717, 1.165) is 5.56 Å². The fourth-order valence-electron chi connectivity index (χ4n) is 3.52. The topological polar surface area (TPSA) is 91.4 Å². The Bertz CT molecular complexity index is 1090. The van der Waals surface area contributed by atoms with Gasteiger partial charge in [-0.25, -0.2) is 0 Å². The van der Waals surface area contributed by atoms with E-state index in [1.54, 1.807) is 47.5 Å². The maximum atomic E-state index is 12.7. The Morgan fingerprint density at radius 3 is 2.48 bits per heavy atom. The van der Waals surface area contributed by atoms with Crippen LogP contribution in [0.4, 0.5) is 11.4 Å². The number of likely N-dealkylation sites (tertiary alicyclic amines) is 1. The number of benzene rings is 2. The summed E-state index contributed by atoms with van der Waals surface area (Å²) in [5.74, 6) is -0.930. The number of pyridine rings is 1. The minimum absolute atomic E-state index is 0.0264. The Morgan fingerprint density at radius 1 is 0.968 bits per heavy atom. The second kappa shape index (κ2) is 9.21. The molecule has 0 spiro atoms. The van der Waals surface area contributed by atoms with Crippen LogP contribution in [-0.4, -0.2) is 34.2 Å². The van der Waals surface area contributed by atoms with E-state index in [9.17, 15) is 14.4 Å². The third kappa shape index (κ3) is 5.14. The van der Waals surface area contributed by atoms with Crippen LogP contribution in [0.25, 0.3) is 0 Å². The SMILES string of the molecule is O=C(Nc1cccc(NC(=O)C2CC(=O)N(Cc3ccccc3)C2)c1)c1cccnc1. The molecule has 156 valence electrons. The van der Waals surface area contributed by atoms with Crippen LogP contribution in [0.15, 0.2) is 79.1 Å². The Labute approximate surface area is 180 Å². The lowest BCUT2D eigenvalue weighted by Crippen LogP contribution is -2.28. The molecular formula is C24H22N4O3. The number of anilines is 2. The zero-order valence-electron chi connectivity index (χ0n) is 16.8. The number of nitrogens with zero attached hydrogens (tertiary/aromatic N) is 2. The normalized spacial score (nSPS) is 15.5. The molecule has 2 N–H and O–H groups in total. The molecule has 2 aromatic carbocycles. The minimum Gasteiger partial charge on any atom is -0.338 e. The monoisotopic (exact) mass is 414 g/mol. The third-order valence-electron chi connectivity index (χ3n) is 5.11. The fourth-order valence-corrected chi connectivity index (χ4v) is 3.52. The number of carbonyl (C=O) groups excluding carboxylic acids is 3. The summed E-state index contributed by atoms with van der Waals surface area (Å²) in [5.41, 5.74) is 2.59. The van der Waals surface area contributed by atoms with Crippen molar-refractivity contribution < 1.29 is 14.4 Å². The number of rotatable bonds is 6. The van der Waals surface area contributed by atoms with Gasteiger partial charge in [-0.15, -0.1) is 0 Å². The molecule has 1 unspecified atom stereocenters. The van der Waals surface area contributed by atoms with Gasteiger partial charge < -0.3 is 15.5 Å². The second-order valence-corrected chi connectivity index (χ2v) is 7.43. The van der Waals surface area contributed by atoms with Crippen LogP contribution < -0.4 is 10.6 Å². The minimum atomic E-state index is -0.412. The van der Waals surface area contributed by atoms with E-state index >= 15 is 0 Å². The standard InChI is InChI=1S/C24H22N4O3/c29-22-12-19(16-28(22)15-17-6-2-1-3-7-17)24(31)27-21-10-4-9-20(13-21)26-23(30)18-8-5-11-25-14-18/h1-11,13-14,19H,12,15-16H2,(H,26,30)(H,27,31). The molecule has 31 heavy (non-hydrogen) atoms. The summed E-state index contributed by atoms with van der Waals surface area (Å²) in [5, 5.41) is 5.65. The summed E-state index contributed by atoms with van der Waals surface area (Å²) in [6.45, 7) is 0.885. The molecule has 0 radical (unpaired) electrons. The summed E-state index contributed by atoms with van der Waals surface area (Å²) in [4.78, 5) is 43.0. The Morgan fingerprint density at radius 2 is 1.74 bits per heavy atom. The molecule has 3 amide bonds. The molecule has 7 nitrogen and oxygen atoms in total. The summed E-state index contributed by atoms with van der Waals surface area (Å²) in [6.07, 6.45) is 3.27. The zero-order chi connectivity index (χ0) is 21.6. The van der Waals surface area contributed by atoms with E-state index in [2.05, 4.69) is 15.6 Å². The van der Waals surface area contributed by atoms with E-state index < -0.39 is 5.92 Å². The average molecular weight is 414 g/mol. The maximum absolute atomic E-state index is 12.7. The van der Waals surface area contributed by atoms with Gasteiger partial charge in [0, 0.05) is 43.3 Å². The molecule has 0 aliphatic carbocycles. The highest BCUT2D eigenvalue weighted by Gasteiger charge is 2.34. The summed E-state index contributed by atoms with van der Waals surface area (Å²) in [6, 6.07) is 20.0. The summed E-state index contributed by atoms with van der Waals surface area (Å²) in [7, 11) is 0. The number of hydrogen-bond acceptors (Lipinski definition) is 4. The van der Waals surface area contributed by atoms with Crippen LogP contribution in [0.2, 0.25) is 0 Å². The lowest BCUT2D eigenvalue weighted by atomic mass is 10.1. The van der Waals surface area contributed by atoms with Gasteiger partial charge in [0.25, 0.3) is 5.91 Å². The van der Waals surface area contributed by atoms with Crippen molar-refractivity contribution in [2.45, 2.75) is 13.0 Å². The van der Waals surface area contributed by atoms with Gasteiger partial charge in [0.15, 0.2) is 0 Å². The molecule has 0 bridgehead atoms. The molecule has 1 fully saturated rings. The van der Waals surface area contributed by atoms with Gasteiger partial charge >= 0.3 is 0 Å². The van der Waals surface area contributed by atoms with Crippen molar-refractivity contribution in [1.29, 1.82) is 0 Å². The first-order chi connectivity index (χ1) is 15.1. The van der Waals surface area contributed by atoms with Gasteiger partial charge in [-0.05, 0) is 35.9 Å². The molecule has 1 saturated heterocycles. The first-order valence-corrected chi connectivity index (χ1v) is 10.0. The molecule has 1 aliphatic rings. The third-order valence-corrected chi connectivity index (χ3v) is 5.11. The van der Waals surface area contributed by atoms with Crippen LogP contribution in [0, 0.1) is 5.92 Å². The van der Waals surface area contributed by atoms with Crippen molar-refractivity contribution in [1.82, 2.24) is 9.88 Å². The smallest absolute Gasteiger partial charge is 0.257 e. The average Bonchev–Trinajstić information content (AvgIpc) is 3.15. The number of carbonyl (C=O) groups is 3. The van der Waals surface area contributed by atoms with E-state index in [0.29, 0.717) is 30.0 Å². The maximum Gasteiger partial charge on any atom is 0.257 e. The lowest BCUT2D eigenvalue weighted by molar-refractivity contribution is -0.128. The number of nitrogens with one attached hydrogen (secondary N) is 2. The number of aromatic nitrogens is 1.